The van der Waals surface area contributed by atoms with Gasteiger partial charge in [-0.3, -0.25) is 0 Å². The molecule has 0 bridgehead atoms. The van der Waals surface area contributed by atoms with Crippen molar-refractivity contribution in [2.24, 2.45) is 5.73 Å². The van der Waals surface area contributed by atoms with Crippen molar-refractivity contribution in [3.05, 3.63) is 0 Å². The van der Waals surface area contributed by atoms with Crippen LogP contribution < -0.4 is 5.73 Å². The molecule has 0 aromatic carbocycles. The van der Waals surface area contributed by atoms with E-state index in [2.05, 4.69) is 0 Å². The smallest absolute Gasteiger partial charge is 0.302 e. The lowest BCUT2D eigenvalue weighted by Gasteiger charge is -2.37. The SMILES string of the molecule is NC1(CCS(=O)(=O)F)COC1. The minimum Gasteiger partial charge on any atom is -0.377 e. The largest absolute Gasteiger partial charge is 0.377 e. The topological polar surface area (TPSA) is 69.4 Å². The number of rotatable bonds is 3. The van der Waals surface area contributed by atoms with Gasteiger partial charge in [0.05, 0.1) is 24.5 Å². The summed E-state index contributed by atoms with van der Waals surface area (Å²) >= 11 is 0. The van der Waals surface area contributed by atoms with E-state index in [1.165, 1.54) is 0 Å². The molecule has 0 saturated carbocycles. The van der Waals surface area contributed by atoms with Crippen LogP contribution >= 0.6 is 0 Å². The number of ether oxygens (including phenoxy) is 1. The maximum absolute atomic E-state index is 12.0. The average Bonchev–Trinajstić information content (AvgIpc) is 1.77. The molecule has 0 radical (unpaired) electrons. The second-order valence-corrected chi connectivity index (χ2v) is 4.33. The Hall–Kier alpha value is -0.200. The third kappa shape index (κ3) is 2.72. The van der Waals surface area contributed by atoms with E-state index in [9.17, 15) is 12.3 Å². The predicted octanol–water partition coefficient (Wildman–Crippen LogP) is -0.597. The molecule has 1 aliphatic rings. The summed E-state index contributed by atoms with van der Waals surface area (Å²) in [4.78, 5) is 0. The fourth-order valence-electron chi connectivity index (χ4n) is 0.834. The Bertz CT molecular complexity index is 234. The van der Waals surface area contributed by atoms with Gasteiger partial charge in [0.2, 0.25) is 0 Å². The van der Waals surface area contributed by atoms with E-state index in [1.54, 1.807) is 0 Å². The van der Waals surface area contributed by atoms with Gasteiger partial charge in [0, 0.05) is 0 Å². The molecule has 0 aliphatic carbocycles. The van der Waals surface area contributed by atoms with Gasteiger partial charge in [-0.25, -0.2) is 0 Å². The van der Waals surface area contributed by atoms with E-state index in [-0.39, 0.29) is 6.42 Å². The van der Waals surface area contributed by atoms with E-state index in [1.807, 2.05) is 0 Å². The van der Waals surface area contributed by atoms with Crippen molar-refractivity contribution in [1.82, 2.24) is 0 Å². The fraction of sp³-hybridized carbons (Fsp3) is 1.00. The first-order chi connectivity index (χ1) is 4.91. The highest BCUT2D eigenvalue weighted by atomic mass is 32.3. The highest BCUT2D eigenvalue weighted by Gasteiger charge is 2.35. The lowest BCUT2D eigenvalue weighted by atomic mass is 9.96. The molecular formula is C5H10FNO3S. The first-order valence-electron chi connectivity index (χ1n) is 3.20. The van der Waals surface area contributed by atoms with Crippen molar-refractivity contribution in [2.75, 3.05) is 19.0 Å². The summed E-state index contributed by atoms with van der Waals surface area (Å²) in [5, 5.41) is 0. The van der Waals surface area contributed by atoms with E-state index < -0.39 is 21.5 Å². The summed E-state index contributed by atoms with van der Waals surface area (Å²) in [6, 6.07) is 0. The summed E-state index contributed by atoms with van der Waals surface area (Å²) in [5.41, 5.74) is 4.94. The molecular weight excluding hydrogens is 173 g/mol. The maximum Gasteiger partial charge on any atom is 0.302 e. The van der Waals surface area contributed by atoms with Crippen LogP contribution in [-0.2, 0) is 15.0 Å². The molecule has 1 rings (SSSR count). The highest BCUT2D eigenvalue weighted by Crippen LogP contribution is 2.18. The van der Waals surface area contributed by atoms with E-state index >= 15 is 0 Å². The standard InChI is InChI=1S/C5H10FNO3S/c6-11(8,9)2-1-5(7)3-10-4-5/h1-4,7H2. The van der Waals surface area contributed by atoms with Gasteiger partial charge in [0.15, 0.2) is 0 Å². The minimum absolute atomic E-state index is 0.131. The van der Waals surface area contributed by atoms with E-state index in [4.69, 9.17) is 10.5 Å². The number of nitrogens with two attached hydrogens (primary N) is 1. The van der Waals surface area contributed by atoms with Gasteiger partial charge in [-0.15, -0.1) is 3.89 Å². The zero-order valence-electron chi connectivity index (χ0n) is 5.92. The summed E-state index contributed by atoms with van der Waals surface area (Å²) in [6.45, 7) is 0.644. The number of hydrogen-bond acceptors (Lipinski definition) is 4. The lowest BCUT2D eigenvalue weighted by Crippen LogP contribution is -2.58. The quantitative estimate of drug-likeness (QED) is 0.593. The Labute approximate surface area is 64.7 Å². The number of halogens is 1. The minimum atomic E-state index is -4.37. The van der Waals surface area contributed by atoms with Crippen molar-refractivity contribution >= 4 is 10.2 Å². The van der Waals surface area contributed by atoms with Crippen LogP contribution in [-0.4, -0.2) is 32.9 Å². The van der Waals surface area contributed by atoms with Crippen molar-refractivity contribution in [3.63, 3.8) is 0 Å². The van der Waals surface area contributed by atoms with Crippen molar-refractivity contribution in [1.29, 1.82) is 0 Å². The van der Waals surface area contributed by atoms with Crippen LogP contribution in [0.2, 0.25) is 0 Å². The van der Waals surface area contributed by atoms with Crippen LogP contribution in [0.5, 0.6) is 0 Å². The van der Waals surface area contributed by atoms with Gasteiger partial charge in [0.25, 0.3) is 0 Å². The molecule has 1 fully saturated rings. The molecule has 0 amide bonds. The van der Waals surface area contributed by atoms with E-state index in [0.717, 1.165) is 0 Å². The van der Waals surface area contributed by atoms with Gasteiger partial charge < -0.3 is 10.5 Å². The molecule has 2 N–H and O–H groups in total. The third-order valence-electron chi connectivity index (χ3n) is 1.62. The first kappa shape index (κ1) is 8.89. The monoisotopic (exact) mass is 183 g/mol. The van der Waals surface area contributed by atoms with Crippen molar-refractivity contribution < 1.29 is 17.0 Å². The molecule has 0 unspecified atom stereocenters. The van der Waals surface area contributed by atoms with Crippen LogP contribution in [0.4, 0.5) is 3.89 Å². The van der Waals surface area contributed by atoms with Gasteiger partial charge in [-0.05, 0) is 6.42 Å². The molecule has 1 heterocycles. The Morgan fingerprint density at radius 3 is 2.36 bits per heavy atom. The Balaban J connectivity index is 2.33. The maximum atomic E-state index is 12.0. The molecule has 0 spiro atoms. The zero-order valence-corrected chi connectivity index (χ0v) is 6.73. The average molecular weight is 183 g/mol. The first-order valence-corrected chi connectivity index (χ1v) is 4.76. The van der Waals surface area contributed by atoms with Gasteiger partial charge in [-0.1, -0.05) is 0 Å². The predicted molar refractivity (Wildman–Crippen MR) is 37.2 cm³/mol. The van der Waals surface area contributed by atoms with E-state index in [0.29, 0.717) is 13.2 Å². The normalized spacial score (nSPS) is 22.7. The molecule has 0 aromatic heterocycles. The molecule has 6 heteroatoms. The molecule has 4 nitrogen and oxygen atoms in total. The summed E-state index contributed by atoms with van der Waals surface area (Å²) in [5.74, 6) is -0.507. The van der Waals surface area contributed by atoms with Gasteiger partial charge >= 0.3 is 10.2 Å². The van der Waals surface area contributed by atoms with Gasteiger partial charge in [0.1, 0.15) is 0 Å². The molecule has 11 heavy (non-hydrogen) atoms. The third-order valence-corrected chi connectivity index (χ3v) is 2.31. The summed E-state index contributed by atoms with van der Waals surface area (Å²) in [6.07, 6.45) is 0.131. The highest BCUT2D eigenvalue weighted by molar-refractivity contribution is 7.86. The van der Waals surface area contributed by atoms with Crippen LogP contribution in [0.3, 0.4) is 0 Å². The van der Waals surface area contributed by atoms with Crippen LogP contribution in [0.15, 0.2) is 0 Å². The second kappa shape index (κ2) is 2.69. The summed E-state index contributed by atoms with van der Waals surface area (Å²) in [7, 11) is -4.37. The van der Waals surface area contributed by atoms with Gasteiger partial charge in [-0.2, -0.15) is 8.42 Å². The van der Waals surface area contributed by atoms with Crippen molar-refractivity contribution in [3.8, 4) is 0 Å². The second-order valence-electron chi connectivity index (χ2n) is 2.85. The number of hydrogen-bond donors (Lipinski definition) is 1. The van der Waals surface area contributed by atoms with Crippen LogP contribution in [0, 0.1) is 0 Å². The Kier molecular flexibility index (Phi) is 2.17. The summed E-state index contributed by atoms with van der Waals surface area (Å²) < 4.78 is 36.8. The lowest BCUT2D eigenvalue weighted by molar-refractivity contribution is -0.0545. The Morgan fingerprint density at radius 2 is 2.09 bits per heavy atom. The molecule has 66 valence electrons. The zero-order chi connectivity index (χ0) is 8.54. The molecule has 0 atom stereocenters. The van der Waals surface area contributed by atoms with Crippen molar-refractivity contribution in [2.45, 2.75) is 12.0 Å². The fourth-order valence-corrected chi connectivity index (χ4v) is 1.48. The van der Waals surface area contributed by atoms with Crippen LogP contribution in [0.25, 0.3) is 0 Å². The Morgan fingerprint density at radius 1 is 1.55 bits per heavy atom. The molecule has 1 aliphatic heterocycles. The molecule has 0 aromatic rings. The van der Waals surface area contributed by atoms with Crippen LogP contribution in [0.1, 0.15) is 6.42 Å². The molecule has 1 saturated heterocycles.